The number of imidazole rings is 1. The van der Waals surface area contributed by atoms with Gasteiger partial charge in [0.2, 0.25) is 0 Å². The number of nitrogens with one attached hydrogen (secondary N) is 2. The lowest BCUT2D eigenvalue weighted by Gasteiger charge is -2.01. The van der Waals surface area contributed by atoms with E-state index in [2.05, 4.69) is 15.0 Å². The Balaban J connectivity index is 2.28. The zero-order valence-electron chi connectivity index (χ0n) is 11.6. The lowest BCUT2D eigenvalue weighted by molar-refractivity contribution is 0.415. The topological polar surface area (TPSA) is 92.8 Å². The molecule has 2 N–H and O–H groups in total. The fraction of sp³-hybridized carbons (Fsp3) is 0.214. The number of benzene rings is 1. The van der Waals surface area contributed by atoms with Crippen LogP contribution in [-0.2, 0) is 6.54 Å². The van der Waals surface area contributed by atoms with Gasteiger partial charge in [-0.25, -0.2) is 9.78 Å². The molecule has 2 heterocycles. The van der Waals surface area contributed by atoms with Gasteiger partial charge in [0, 0.05) is 12.1 Å². The molecular formula is C14H14N4O3. The third-order valence-corrected chi connectivity index (χ3v) is 3.29. The van der Waals surface area contributed by atoms with Gasteiger partial charge in [0.1, 0.15) is 17.1 Å². The highest BCUT2D eigenvalue weighted by atomic mass is 16.5. The largest absolute Gasteiger partial charge is 0.497 e. The van der Waals surface area contributed by atoms with E-state index in [-0.39, 0.29) is 5.52 Å². The zero-order chi connectivity index (χ0) is 15.0. The summed E-state index contributed by atoms with van der Waals surface area (Å²) in [4.78, 5) is 33.3. The van der Waals surface area contributed by atoms with Crippen LogP contribution in [0, 0.1) is 0 Å². The lowest BCUT2D eigenvalue weighted by atomic mass is 10.2. The van der Waals surface area contributed by atoms with Crippen LogP contribution in [0.4, 0.5) is 0 Å². The van der Waals surface area contributed by atoms with E-state index in [9.17, 15) is 9.59 Å². The van der Waals surface area contributed by atoms with Gasteiger partial charge in [-0.15, -0.1) is 0 Å². The maximum absolute atomic E-state index is 11.9. The summed E-state index contributed by atoms with van der Waals surface area (Å²) in [5.74, 6) is 1.21. The first-order valence-corrected chi connectivity index (χ1v) is 6.51. The van der Waals surface area contributed by atoms with Crippen molar-refractivity contribution in [3.8, 4) is 17.1 Å². The zero-order valence-corrected chi connectivity index (χ0v) is 11.6. The summed E-state index contributed by atoms with van der Waals surface area (Å²) in [5.41, 5.74) is 0.485. The van der Waals surface area contributed by atoms with Crippen molar-refractivity contribution in [2.75, 3.05) is 7.11 Å². The minimum Gasteiger partial charge on any atom is -0.497 e. The van der Waals surface area contributed by atoms with Gasteiger partial charge >= 0.3 is 5.69 Å². The van der Waals surface area contributed by atoms with Gasteiger partial charge in [-0.05, 0) is 19.1 Å². The molecule has 0 aliphatic heterocycles. The van der Waals surface area contributed by atoms with Gasteiger partial charge < -0.3 is 9.72 Å². The first-order chi connectivity index (χ1) is 10.1. The number of hydrogen-bond donors (Lipinski definition) is 2. The van der Waals surface area contributed by atoms with Gasteiger partial charge in [-0.1, -0.05) is 12.1 Å². The van der Waals surface area contributed by atoms with Gasteiger partial charge in [0.25, 0.3) is 5.56 Å². The van der Waals surface area contributed by atoms with Crippen molar-refractivity contribution in [2.45, 2.75) is 13.5 Å². The number of H-pyrrole nitrogens is 2. The Morgan fingerprint density at radius 3 is 2.81 bits per heavy atom. The standard InChI is InChI=1S/C14H14N4O3/c1-3-18-12-10(13(19)17-14(18)20)15-11(16-12)8-5-4-6-9(7-8)21-2/h4-7H,3H2,1-2H3,(H,15,16)(H,17,19,20). The number of aryl methyl sites for hydroxylation is 1. The molecule has 0 unspecified atom stereocenters. The SMILES string of the molecule is CCn1c(=O)[nH]c(=O)c2[nH]c(-c3cccc(OC)c3)nc21. The number of aromatic amines is 2. The molecule has 0 saturated carbocycles. The lowest BCUT2D eigenvalue weighted by Crippen LogP contribution is -2.29. The van der Waals surface area contributed by atoms with Crippen molar-refractivity contribution in [2.24, 2.45) is 0 Å². The first-order valence-electron chi connectivity index (χ1n) is 6.51. The molecule has 0 aliphatic rings. The van der Waals surface area contributed by atoms with Crippen molar-refractivity contribution >= 4 is 11.2 Å². The Morgan fingerprint density at radius 1 is 1.29 bits per heavy atom. The molecule has 0 radical (unpaired) electrons. The van der Waals surface area contributed by atoms with Gasteiger partial charge in [-0.2, -0.15) is 0 Å². The average Bonchev–Trinajstić information content (AvgIpc) is 2.93. The van der Waals surface area contributed by atoms with E-state index in [1.807, 2.05) is 25.1 Å². The second-order valence-corrected chi connectivity index (χ2v) is 4.52. The van der Waals surface area contributed by atoms with Crippen LogP contribution in [0.2, 0.25) is 0 Å². The molecule has 0 saturated heterocycles. The highest BCUT2D eigenvalue weighted by molar-refractivity contribution is 5.75. The molecule has 0 atom stereocenters. The van der Waals surface area contributed by atoms with Crippen LogP contribution < -0.4 is 16.0 Å². The number of rotatable bonds is 3. The van der Waals surface area contributed by atoms with Crippen LogP contribution in [-0.4, -0.2) is 26.6 Å². The molecule has 0 fully saturated rings. The predicted octanol–water partition coefficient (Wildman–Crippen LogP) is 1.11. The number of fused-ring (bicyclic) bond motifs is 1. The summed E-state index contributed by atoms with van der Waals surface area (Å²) >= 11 is 0. The predicted molar refractivity (Wildman–Crippen MR) is 78.6 cm³/mol. The maximum Gasteiger partial charge on any atom is 0.330 e. The van der Waals surface area contributed by atoms with Gasteiger partial charge in [-0.3, -0.25) is 14.3 Å². The number of nitrogens with zero attached hydrogens (tertiary/aromatic N) is 2. The Labute approximate surface area is 119 Å². The fourth-order valence-electron chi connectivity index (χ4n) is 2.24. The highest BCUT2D eigenvalue weighted by Gasteiger charge is 2.13. The van der Waals surface area contributed by atoms with Gasteiger partial charge in [0.15, 0.2) is 5.65 Å². The molecule has 0 bridgehead atoms. The summed E-state index contributed by atoms with van der Waals surface area (Å²) in [6, 6.07) is 7.31. The number of ether oxygens (including phenoxy) is 1. The third-order valence-electron chi connectivity index (χ3n) is 3.29. The molecule has 0 spiro atoms. The van der Waals surface area contributed by atoms with E-state index in [4.69, 9.17) is 4.74 Å². The van der Waals surface area contributed by atoms with E-state index < -0.39 is 11.2 Å². The monoisotopic (exact) mass is 286 g/mol. The van der Waals surface area contributed by atoms with Crippen LogP contribution in [0.3, 0.4) is 0 Å². The van der Waals surface area contributed by atoms with E-state index in [0.29, 0.717) is 23.8 Å². The smallest absolute Gasteiger partial charge is 0.330 e. The molecule has 0 amide bonds. The quantitative estimate of drug-likeness (QED) is 0.754. The molecular weight excluding hydrogens is 272 g/mol. The highest BCUT2D eigenvalue weighted by Crippen LogP contribution is 2.22. The van der Waals surface area contributed by atoms with Gasteiger partial charge in [0.05, 0.1) is 7.11 Å². The maximum atomic E-state index is 11.9. The summed E-state index contributed by atoms with van der Waals surface area (Å²) in [5, 5.41) is 0. The molecule has 3 aromatic rings. The van der Waals surface area contributed by atoms with Crippen molar-refractivity contribution < 1.29 is 4.74 Å². The minimum atomic E-state index is -0.471. The molecule has 21 heavy (non-hydrogen) atoms. The third kappa shape index (κ3) is 2.12. The Morgan fingerprint density at radius 2 is 2.10 bits per heavy atom. The molecule has 0 aliphatic carbocycles. The van der Waals surface area contributed by atoms with E-state index in [1.165, 1.54) is 4.57 Å². The summed E-state index contributed by atoms with van der Waals surface area (Å²) in [7, 11) is 1.58. The van der Waals surface area contributed by atoms with Crippen LogP contribution in [0.25, 0.3) is 22.6 Å². The van der Waals surface area contributed by atoms with Crippen LogP contribution in [0.5, 0.6) is 5.75 Å². The second kappa shape index (κ2) is 4.93. The summed E-state index contributed by atoms with van der Waals surface area (Å²) in [6.45, 7) is 2.24. The number of hydrogen-bond acceptors (Lipinski definition) is 4. The Bertz CT molecular complexity index is 920. The molecule has 7 nitrogen and oxygen atoms in total. The Hall–Kier alpha value is -2.83. The van der Waals surface area contributed by atoms with Crippen LogP contribution in [0.15, 0.2) is 33.9 Å². The normalized spacial score (nSPS) is 11.0. The average molecular weight is 286 g/mol. The van der Waals surface area contributed by atoms with Crippen molar-refractivity contribution in [3.63, 3.8) is 0 Å². The van der Waals surface area contributed by atoms with Crippen LogP contribution in [0.1, 0.15) is 6.92 Å². The summed E-state index contributed by atoms with van der Waals surface area (Å²) < 4.78 is 6.59. The van der Waals surface area contributed by atoms with E-state index >= 15 is 0 Å². The molecule has 7 heteroatoms. The van der Waals surface area contributed by atoms with Crippen molar-refractivity contribution in [3.05, 3.63) is 45.1 Å². The van der Waals surface area contributed by atoms with Crippen molar-refractivity contribution in [1.29, 1.82) is 0 Å². The molecule has 2 aromatic heterocycles. The fourth-order valence-corrected chi connectivity index (χ4v) is 2.24. The van der Waals surface area contributed by atoms with E-state index in [0.717, 1.165) is 5.56 Å². The molecule has 3 rings (SSSR count). The minimum absolute atomic E-state index is 0.286. The molecule has 108 valence electrons. The number of aromatic nitrogens is 4. The summed E-state index contributed by atoms with van der Waals surface area (Å²) in [6.07, 6.45) is 0. The van der Waals surface area contributed by atoms with Crippen LogP contribution >= 0.6 is 0 Å². The van der Waals surface area contributed by atoms with E-state index in [1.54, 1.807) is 13.2 Å². The second-order valence-electron chi connectivity index (χ2n) is 4.52. The van der Waals surface area contributed by atoms with Crippen molar-refractivity contribution in [1.82, 2.24) is 19.5 Å². The number of methoxy groups -OCH3 is 1. The Kier molecular flexibility index (Phi) is 3.09. The molecule has 1 aromatic carbocycles. The first kappa shape index (κ1) is 13.2.